The van der Waals surface area contributed by atoms with Gasteiger partial charge in [0.1, 0.15) is 17.3 Å². The largest absolute Gasteiger partial charge is 0.399 e. The average molecular weight is 268 g/mol. The number of imidazole rings is 1. The molecule has 0 radical (unpaired) electrons. The predicted octanol–water partition coefficient (Wildman–Crippen LogP) is 2.84. The van der Waals surface area contributed by atoms with Crippen molar-refractivity contribution >= 4 is 16.7 Å². The van der Waals surface area contributed by atoms with Gasteiger partial charge < -0.3 is 14.8 Å². The van der Waals surface area contributed by atoms with E-state index in [1.54, 1.807) is 0 Å². The highest BCUT2D eigenvalue weighted by Crippen LogP contribution is 2.41. The van der Waals surface area contributed by atoms with Gasteiger partial charge in [-0.2, -0.15) is 0 Å². The quantitative estimate of drug-likeness (QED) is 0.741. The second-order valence-electron chi connectivity index (χ2n) is 5.51. The molecule has 2 heterocycles. The van der Waals surface area contributed by atoms with E-state index >= 15 is 0 Å². The molecule has 1 aliphatic rings. The van der Waals surface area contributed by atoms with Crippen molar-refractivity contribution in [3.8, 4) is 0 Å². The summed E-state index contributed by atoms with van der Waals surface area (Å²) in [7, 11) is 0. The van der Waals surface area contributed by atoms with Gasteiger partial charge in [-0.15, -0.1) is 0 Å². The van der Waals surface area contributed by atoms with Crippen molar-refractivity contribution in [3.05, 3.63) is 41.5 Å². The van der Waals surface area contributed by atoms with Crippen LogP contribution in [0.15, 0.2) is 28.8 Å². The first kappa shape index (κ1) is 11.5. The molecule has 2 N–H and O–H groups in total. The van der Waals surface area contributed by atoms with Crippen molar-refractivity contribution < 1.29 is 4.52 Å². The Labute approximate surface area is 116 Å². The van der Waals surface area contributed by atoms with E-state index in [4.69, 9.17) is 15.2 Å². The maximum atomic E-state index is 5.85. The van der Waals surface area contributed by atoms with E-state index in [1.807, 2.05) is 31.2 Å². The lowest BCUT2D eigenvalue weighted by molar-refractivity contribution is 0.389. The highest BCUT2D eigenvalue weighted by atomic mass is 16.5. The minimum absolute atomic E-state index is 0.580. The van der Waals surface area contributed by atoms with Crippen molar-refractivity contribution in [1.29, 1.82) is 0 Å². The molecule has 20 heavy (non-hydrogen) atoms. The summed E-state index contributed by atoms with van der Waals surface area (Å²) in [4.78, 5) is 4.76. The molecular weight excluding hydrogens is 252 g/mol. The topological polar surface area (TPSA) is 69.9 Å². The minimum Gasteiger partial charge on any atom is -0.399 e. The fourth-order valence-corrected chi connectivity index (χ4v) is 2.64. The summed E-state index contributed by atoms with van der Waals surface area (Å²) >= 11 is 0. The molecule has 5 heteroatoms. The molecule has 3 aromatic rings. The Morgan fingerprint density at radius 3 is 2.90 bits per heavy atom. The lowest BCUT2D eigenvalue weighted by Crippen LogP contribution is -2.04. The van der Waals surface area contributed by atoms with Crippen LogP contribution in [0.2, 0.25) is 0 Å². The van der Waals surface area contributed by atoms with Crippen LogP contribution in [0.3, 0.4) is 0 Å². The van der Waals surface area contributed by atoms with Crippen LogP contribution in [-0.4, -0.2) is 14.7 Å². The van der Waals surface area contributed by atoms with E-state index in [2.05, 4.69) is 9.72 Å². The van der Waals surface area contributed by atoms with Crippen LogP contribution in [-0.2, 0) is 6.54 Å². The second-order valence-corrected chi connectivity index (χ2v) is 5.51. The predicted molar refractivity (Wildman–Crippen MR) is 76.5 cm³/mol. The van der Waals surface area contributed by atoms with Crippen LogP contribution in [0.1, 0.15) is 36.0 Å². The van der Waals surface area contributed by atoms with Gasteiger partial charge in [0.25, 0.3) is 0 Å². The fraction of sp³-hybridized carbons (Fsp3) is 0.333. The van der Waals surface area contributed by atoms with Crippen molar-refractivity contribution in [2.75, 3.05) is 5.73 Å². The zero-order valence-corrected chi connectivity index (χ0v) is 11.3. The standard InChI is InChI=1S/C15H16N4O/c1-9-6-12(18-20-9)8-19-14-5-4-11(16)7-13(14)17-15(19)10-2-3-10/h4-7,10H,2-3,8,16H2,1H3. The third-order valence-electron chi connectivity index (χ3n) is 3.74. The van der Waals surface area contributed by atoms with E-state index in [0.29, 0.717) is 12.5 Å². The molecule has 1 saturated carbocycles. The summed E-state index contributed by atoms with van der Waals surface area (Å²) in [6.07, 6.45) is 2.44. The molecule has 102 valence electrons. The second kappa shape index (κ2) is 4.10. The number of rotatable bonds is 3. The third kappa shape index (κ3) is 1.86. The van der Waals surface area contributed by atoms with Gasteiger partial charge in [-0.25, -0.2) is 4.98 Å². The van der Waals surface area contributed by atoms with Crippen molar-refractivity contribution in [2.45, 2.75) is 32.2 Å². The first-order valence-electron chi connectivity index (χ1n) is 6.88. The van der Waals surface area contributed by atoms with Gasteiger partial charge in [0, 0.05) is 17.7 Å². The summed E-state index contributed by atoms with van der Waals surface area (Å²) in [5.74, 6) is 2.56. The molecule has 2 aromatic heterocycles. The summed E-state index contributed by atoms with van der Waals surface area (Å²) in [5.41, 5.74) is 9.61. The smallest absolute Gasteiger partial charge is 0.133 e. The number of nitrogens with two attached hydrogens (primary N) is 1. The Hall–Kier alpha value is -2.30. The summed E-state index contributed by atoms with van der Waals surface area (Å²) in [6.45, 7) is 2.61. The SMILES string of the molecule is Cc1cc(Cn2c(C3CC3)nc3cc(N)ccc32)no1. The number of hydrogen-bond donors (Lipinski definition) is 1. The van der Waals surface area contributed by atoms with Crippen LogP contribution in [0, 0.1) is 6.92 Å². The number of anilines is 1. The normalized spacial score (nSPS) is 15.1. The summed E-state index contributed by atoms with van der Waals surface area (Å²) in [5, 5.41) is 4.09. The maximum Gasteiger partial charge on any atom is 0.133 e. The van der Waals surface area contributed by atoms with Crippen molar-refractivity contribution in [3.63, 3.8) is 0 Å². The Kier molecular flexibility index (Phi) is 2.36. The molecular formula is C15H16N4O. The van der Waals surface area contributed by atoms with E-state index in [-0.39, 0.29) is 0 Å². The maximum absolute atomic E-state index is 5.85. The fourth-order valence-electron chi connectivity index (χ4n) is 2.64. The average Bonchev–Trinajstić information content (AvgIpc) is 3.10. The van der Waals surface area contributed by atoms with Gasteiger partial charge in [0.15, 0.2) is 0 Å². The van der Waals surface area contributed by atoms with Crippen LogP contribution >= 0.6 is 0 Å². The van der Waals surface area contributed by atoms with Gasteiger partial charge in [-0.1, -0.05) is 5.16 Å². The lowest BCUT2D eigenvalue weighted by Gasteiger charge is -2.06. The molecule has 1 aromatic carbocycles. The minimum atomic E-state index is 0.580. The van der Waals surface area contributed by atoms with Gasteiger partial charge in [0.05, 0.1) is 17.6 Å². The van der Waals surface area contributed by atoms with Gasteiger partial charge in [0.2, 0.25) is 0 Å². The highest BCUT2D eigenvalue weighted by Gasteiger charge is 2.29. The molecule has 1 aliphatic carbocycles. The molecule has 5 nitrogen and oxygen atoms in total. The first-order valence-corrected chi connectivity index (χ1v) is 6.88. The molecule has 0 spiro atoms. The molecule has 4 rings (SSSR count). The summed E-state index contributed by atoms with van der Waals surface area (Å²) < 4.78 is 7.40. The van der Waals surface area contributed by atoms with Crippen LogP contribution in [0.5, 0.6) is 0 Å². The van der Waals surface area contributed by atoms with Crippen LogP contribution < -0.4 is 5.73 Å². The molecule has 0 atom stereocenters. The van der Waals surface area contributed by atoms with Gasteiger partial charge in [-0.3, -0.25) is 0 Å². The molecule has 0 saturated heterocycles. The Morgan fingerprint density at radius 1 is 1.35 bits per heavy atom. The monoisotopic (exact) mass is 268 g/mol. The van der Waals surface area contributed by atoms with Gasteiger partial charge in [-0.05, 0) is 38.0 Å². The van der Waals surface area contributed by atoms with E-state index < -0.39 is 0 Å². The molecule has 1 fully saturated rings. The first-order chi connectivity index (χ1) is 9.70. The van der Waals surface area contributed by atoms with E-state index in [1.165, 1.54) is 12.8 Å². The number of benzene rings is 1. The number of aryl methyl sites for hydroxylation is 1. The molecule has 0 amide bonds. The Morgan fingerprint density at radius 2 is 2.20 bits per heavy atom. The van der Waals surface area contributed by atoms with Gasteiger partial charge >= 0.3 is 0 Å². The van der Waals surface area contributed by atoms with Crippen LogP contribution in [0.25, 0.3) is 11.0 Å². The van der Waals surface area contributed by atoms with Crippen molar-refractivity contribution in [2.24, 2.45) is 0 Å². The number of fused-ring (bicyclic) bond motifs is 1. The van der Waals surface area contributed by atoms with Crippen LogP contribution in [0.4, 0.5) is 5.69 Å². The number of nitrogen functional groups attached to an aromatic ring is 1. The number of nitrogens with zero attached hydrogens (tertiary/aromatic N) is 3. The molecule has 0 unspecified atom stereocenters. The zero-order valence-electron chi connectivity index (χ0n) is 11.3. The molecule has 0 aliphatic heterocycles. The zero-order chi connectivity index (χ0) is 13.7. The lowest BCUT2D eigenvalue weighted by atomic mass is 10.2. The summed E-state index contributed by atoms with van der Waals surface area (Å²) in [6, 6.07) is 7.87. The Balaban J connectivity index is 1.84. The highest BCUT2D eigenvalue weighted by molar-refractivity contribution is 5.80. The van der Waals surface area contributed by atoms with Crippen molar-refractivity contribution in [1.82, 2.24) is 14.7 Å². The molecule has 0 bridgehead atoms. The Bertz CT molecular complexity index is 782. The van der Waals surface area contributed by atoms with E-state index in [9.17, 15) is 0 Å². The number of hydrogen-bond acceptors (Lipinski definition) is 4. The number of aromatic nitrogens is 3. The third-order valence-corrected chi connectivity index (χ3v) is 3.74. The van der Waals surface area contributed by atoms with E-state index in [0.717, 1.165) is 34.0 Å².